The molecule has 19 heavy (non-hydrogen) atoms. The van der Waals surface area contributed by atoms with Gasteiger partial charge in [-0.15, -0.1) is 0 Å². The molecule has 1 aliphatic heterocycles. The molecular weight excluding hydrogens is 242 g/mol. The molecule has 106 valence electrons. The number of nitrogens with one attached hydrogen (secondary N) is 1. The van der Waals surface area contributed by atoms with Crippen LogP contribution >= 0.6 is 0 Å². The zero-order valence-electron chi connectivity index (χ0n) is 11.8. The van der Waals surface area contributed by atoms with E-state index in [0.29, 0.717) is 17.8 Å². The molecule has 1 heterocycles. The van der Waals surface area contributed by atoms with Gasteiger partial charge in [-0.3, -0.25) is 0 Å². The zero-order chi connectivity index (χ0) is 13.8. The lowest BCUT2D eigenvalue weighted by molar-refractivity contribution is 0.105. The number of aromatic hydroxyl groups is 1. The molecule has 4 nitrogen and oxygen atoms in total. The molecule has 1 aliphatic rings. The lowest BCUT2D eigenvalue weighted by Gasteiger charge is -2.20. The minimum absolute atomic E-state index is 0.177. The SMILES string of the molecule is COc1cc(C(C)NCC2CCOC2C)ccc1O. The van der Waals surface area contributed by atoms with Crippen LogP contribution < -0.4 is 10.1 Å². The number of rotatable bonds is 5. The van der Waals surface area contributed by atoms with Crippen molar-refractivity contribution in [2.45, 2.75) is 32.4 Å². The Hall–Kier alpha value is -1.26. The topological polar surface area (TPSA) is 50.7 Å². The number of methoxy groups -OCH3 is 1. The van der Waals surface area contributed by atoms with Crippen molar-refractivity contribution in [1.29, 1.82) is 0 Å². The molecular formula is C15H23NO3. The van der Waals surface area contributed by atoms with E-state index in [1.807, 2.05) is 12.1 Å². The number of phenols is 1. The summed E-state index contributed by atoms with van der Waals surface area (Å²) < 4.78 is 10.7. The molecule has 0 amide bonds. The van der Waals surface area contributed by atoms with Gasteiger partial charge in [0, 0.05) is 19.2 Å². The van der Waals surface area contributed by atoms with Crippen molar-refractivity contribution < 1.29 is 14.6 Å². The molecule has 4 heteroatoms. The van der Waals surface area contributed by atoms with Gasteiger partial charge in [0.1, 0.15) is 0 Å². The highest BCUT2D eigenvalue weighted by Crippen LogP contribution is 2.29. The van der Waals surface area contributed by atoms with Gasteiger partial charge in [0.05, 0.1) is 13.2 Å². The van der Waals surface area contributed by atoms with Crippen molar-refractivity contribution in [3.05, 3.63) is 23.8 Å². The van der Waals surface area contributed by atoms with E-state index >= 15 is 0 Å². The standard InChI is InChI=1S/C15H23NO3/c1-10(16-9-13-6-7-19-11(13)2)12-4-5-14(17)15(8-12)18-3/h4-5,8,10-11,13,16-17H,6-7,9H2,1-3H3. The maximum atomic E-state index is 9.59. The van der Waals surface area contributed by atoms with Crippen molar-refractivity contribution in [1.82, 2.24) is 5.32 Å². The van der Waals surface area contributed by atoms with Gasteiger partial charge in [-0.05, 0) is 43.9 Å². The normalized spacial score (nSPS) is 24.4. The predicted molar refractivity (Wildman–Crippen MR) is 74.6 cm³/mol. The van der Waals surface area contributed by atoms with Crippen LogP contribution in [0.3, 0.4) is 0 Å². The van der Waals surface area contributed by atoms with E-state index in [4.69, 9.17) is 9.47 Å². The van der Waals surface area contributed by atoms with Gasteiger partial charge in [-0.25, -0.2) is 0 Å². The van der Waals surface area contributed by atoms with Crippen LogP contribution in [0.15, 0.2) is 18.2 Å². The van der Waals surface area contributed by atoms with Crippen LogP contribution in [0.4, 0.5) is 0 Å². The monoisotopic (exact) mass is 265 g/mol. The van der Waals surface area contributed by atoms with Gasteiger partial charge in [0.25, 0.3) is 0 Å². The van der Waals surface area contributed by atoms with Crippen molar-refractivity contribution in [2.75, 3.05) is 20.3 Å². The summed E-state index contributed by atoms with van der Waals surface area (Å²) >= 11 is 0. The Morgan fingerprint density at radius 1 is 1.53 bits per heavy atom. The molecule has 0 spiro atoms. The van der Waals surface area contributed by atoms with E-state index in [-0.39, 0.29) is 11.8 Å². The quantitative estimate of drug-likeness (QED) is 0.858. The molecule has 0 bridgehead atoms. The number of hydrogen-bond donors (Lipinski definition) is 2. The van der Waals surface area contributed by atoms with E-state index in [1.54, 1.807) is 13.2 Å². The molecule has 3 unspecified atom stereocenters. The number of hydrogen-bond acceptors (Lipinski definition) is 4. The molecule has 0 radical (unpaired) electrons. The second kappa shape index (κ2) is 6.26. The van der Waals surface area contributed by atoms with E-state index in [0.717, 1.165) is 25.1 Å². The molecule has 0 aliphatic carbocycles. The van der Waals surface area contributed by atoms with Crippen molar-refractivity contribution in [2.24, 2.45) is 5.92 Å². The summed E-state index contributed by atoms with van der Waals surface area (Å²) in [5.41, 5.74) is 1.11. The van der Waals surface area contributed by atoms with E-state index in [1.165, 1.54) is 0 Å². The van der Waals surface area contributed by atoms with Gasteiger partial charge in [-0.2, -0.15) is 0 Å². The molecule has 0 saturated carbocycles. The fourth-order valence-corrected chi connectivity index (χ4v) is 2.45. The van der Waals surface area contributed by atoms with E-state index < -0.39 is 0 Å². The summed E-state index contributed by atoms with van der Waals surface area (Å²) in [6, 6.07) is 5.70. The van der Waals surface area contributed by atoms with Crippen LogP contribution in [-0.2, 0) is 4.74 Å². The highest BCUT2D eigenvalue weighted by Gasteiger charge is 2.24. The van der Waals surface area contributed by atoms with Gasteiger partial charge >= 0.3 is 0 Å². The fourth-order valence-electron chi connectivity index (χ4n) is 2.45. The minimum Gasteiger partial charge on any atom is -0.504 e. The van der Waals surface area contributed by atoms with Crippen molar-refractivity contribution in [3.63, 3.8) is 0 Å². The average Bonchev–Trinajstić information content (AvgIpc) is 2.82. The molecule has 0 aromatic heterocycles. The Bertz CT molecular complexity index is 422. The first-order chi connectivity index (χ1) is 9.11. The highest BCUT2D eigenvalue weighted by molar-refractivity contribution is 5.42. The Balaban J connectivity index is 1.94. The van der Waals surface area contributed by atoms with Gasteiger partial charge in [-0.1, -0.05) is 6.07 Å². The second-order valence-corrected chi connectivity index (χ2v) is 5.19. The lowest BCUT2D eigenvalue weighted by atomic mass is 10.0. The first-order valence-corrected chi connectivity index (χ1v) is 6.83. The van der Waals surface area contributed by atoms with Gasteiger partial charge in [0.2, 0.25) is 0 Å². The summed E-state index contributed by atoms with van der Waals surface area (Å²) in [6.45, 7) is 6.07. The van der Waals surface area contributed by atoms with Crippen LogP contribution in [-0.4, -0.2) is 31.5 Å². The van der Waals surface area contributed by atoms with E-state index in [9.17, 15) is 5.11 Å². The van der Waals surface area contributed by atoms with Crippen LogP contribution in [0, 0.1) is 5.92 Å². The van der Waals surface area contributed by atoms with Gasteiger partial charge in [0.15, 0.2) is 11.5 Å². The average molecular weight is 265 g/mol. The molecule has 2 rings (SSSR count). The molecule has 1 fully saturated rings. The molecule has 1 aromatic carbocycles. The van der Waals surface area contributed by atoms with Crippen molar-refractivity contribution >= 4 is 0 Å². The fraction of sp³-hybridized carbons (Fsp3) is 0.600. The van der Waals surface area contributed by atoms with Gasteiger partial charge < -0.3 is 19.9 Å². The van der Waals surface area contributed by atoms with Crippen LogP contribution in [0.5, 0.6) is 11.5 Å². The maximum absolute atomic E-state index is 9.59. The first kappa shape index (κ1) is 14.2. The smallest absolute Gasteiger partial charge is 0.160 e. The Labute approximate surface area is 114 Å². The third kappa shape index (κ3) is 3.39. The zero-order valence-corrected chi connectivity index (χ0v) is 11.8. The Morgan fingerprint density at radius 3 is 2.95 bits per heavy atom. The Kier molecular flexibility index (Phi) is 4.66. The molecule has 2 N–H and O–H groups in total. The molecule has 3 atom stereocenters. The largest absolute Gasteiger partial charge is 0.504 e. The second-order valence-electron chi connectivity index (χ2n) is 5.19. The summed E-state index contributed by atoms with van der Waals surface area (Å²) in [7, 11) is 1.56. The first-order valence-electron chi connectivity index (χ1n) is 6.83. The summed E-state index contributed by atoms with van der Waals surface area (Å²) in [4.78, 5) is 0. The Morgan fingerprint density at radius 2 is 2.32 bits per heavy atom. The number of benzene rings is 1. The van der Waals surface area contributed by atoms with Crippen LogP contribution in [0.25, 0.3) is 0 Å². The summed E-state index contributed by atoms with van der Waals surface area (Å²) in [5.74, 6) is 1.28. The molecule has 1 aromatic rings. The third-order valence-electron chi connectivity index (χ3n) is 3.92. The summed E-state index contributed by atoms with van der Waals surface area (Å²) in [5, 5.41) is 13.1. The summed E-state index contributed by atoms with van der Waals surface area (Å²) in [6.07, 6.45) is 1.47. The van der Waals surface area contributed by atoms with Crippen molar-refractivity contribution in [3.8, 4) is 11.5 Å². The number of ether oxygens (including phenoxy) is 2. The number of phenolic OH excluding ortho intramolecular Hbond substituents is 1. The highest BCUT2D eigenvalue weighted by atomic mass is 16.5. The minimum atomic E-state index is 0.177. The van der Waals surface area contributed by atoms with Crippen LogP contribution in [0.2, 0.25) is 0 Å². The lowest BCUT2D eigenvalue weighted by Crippen LogP contribution is -2.29. The predicted octanol–water partition coefficient (Wildman–Crippen LogP) is 2.48. The third-order valence-corrected chi connectivity index (χ3v) is 3.92. The van der Waals surface area contributed by atoms with Crippen LogP contribution in [0.1, 0.15) is 31.9 Å². The van der Waals surface area contributed by atoms with E-state index in [2.05, 4.69) is 19.2 Å². The maximum Gasteiger partial charge on any atom is 0.160 e. The molecule has 1 saturated heterocycles.